The minimum atomic E-state index is 0.0295. The summed E-state index contributed by atoms with van der Waals surface area (Å²) in [7, 11) is 4.10. The second-order valence-electron chi connectivity index (χ2n) is 6.42. The van der Waals surface area contributed by atoms with E-state index in [1.807, 2.05) is 50.5 Å². The molecule has 0 unspecified atom stereocenters. The normalized spacial score (nSPS) is 11.8. The maximum Gasteiger partial charge on any atom is 0.200 e. The van der Waals surface area contributed by atoms with E-state index in [4.69, 9.17) is 4.42 Å². The molecule has 0 spiro atoms. The SMILES string of the molecule is CN(C)c1cccc2c1sc1cc3oc4ccccc4c(=O)c3cc12. The zero-order valence-electron chi connectivity index (χ0n) is 13.9. The number of hydrogen-bond acceptors (Lipinski definition) is 4. The van der Waals surface area contributed by atoms with Crippen molar-refractivity contribution in [3.63, 3.8) is 0 Å². The molecule has 3 aromatic carbocycles. The molecule has 0 saturated carbocycles. The van der Waals surface area contributed by atoms with Crippen molar-refractivity contribution >= 4 is 59.1 Å². The van der Waals surface area contributed by atoms with Gasteiger partial charge in [0, 0.05) is 29.6 Å². The van der Waals surface area contributed by atoms with Crippen LogP contribution in [0, 0.1) is 0 Å². The number of anilines is 1. The number of rotatable bonds is 1. The Kier molecular flexibility index (Phi) is 2.94. The summed E-state index contributed by atoms with van der Waals surface area (Å²) in [5.74, 6) is 0. The van der Waals surface area contributed by atoms with Crippen LogP contribution in [0.3, 0.4) is 0 Å². The third kappa shape index (κ3) is 2.01. The molecule has 0 amide bonds. The Morgan fingerprint density at radius 3 is 2.48 bits per heavy atom. The van der Waals surface area contributed by atoms with Crippen LogP contribution in [0.4, 0.5) is 5.69 Å². The average Bonchev–Trinajstić information content (AvgIpc) is 2.98. The van der Waals surface area contributed by atoms with Crippen LogP contribution >= 0.6 is 11.3 Å². The minimum absolute atomic E-state index is 0.0295. The lowest BCUT2D eigenvalue weighted by molar-refractivity contribution is 0.660. The summed E-state index contributed by atoms with van der Waals surface area (Å²) in [5.41, 5.74) is 2.50. The Balaban J connectivity index is 1.98. The van der Waals surface area contributed by atoms with E-state index in [9.17, 15) is 4.79 Å². The summed E-state index contributed by atoms with van der Waals surface area (Å²) in [4.78, 5) is 15.0. The zero-order chi connectivity index (χ0) is 17.1. The van der Waals surface area contributed by atoms with Crippen LogP contribution in [0.15, 0.2) is 63.8 Å². The van der Waals surface area contributed by atoms with E-state index in [1.165, 1.54) is 15.8 Å². The van der Waals surface area contributed by atoms with Crippen molar-refractivity contribution in [2.24, 2.45) is 0 Å². The summed E-state index contributed by atoms with van der Waals surface area (Å²) in [5, 5.41) is 3.56. The molecule has 0 saturated heterocycles. The highest BCUT2D eigenvalue weighted by atomic mass is 32.1. The number of para-hydroxylation sites is 1. The Labute approximate surface area is 147 Å². The molecule has 0 aliphatic heterocycles. The molecule has 0 aliphatic rings. The second-order valence-corrected chi connectivity index (χ2v) is 7.47. The van der Waals surface area contributed by atoms with Gasteiger partial charge in [-0.05, 0) is 30.3 Å². The lowest BCUT2D eigenvalue weighted by Gasteiger charge is -2.12. The number of nitrogens with zero attached hydrogens (tertiary/aromatic N) is 1. The predicted molar refractivity (Wildman–Crippen MR) is 107 cm³/mol. The van der Waals surface area contributed by atoms with Crippen LogP contribution in [0.2, 0.25) is 0 Å². The van der Waals surface area contributed by atoms with Gasteiger partial charge < -0.3 is 9.32 Å². The second kappa shape index (κ2) is 5.07. The first-order chi connectivity index (χ1) is 12.1. The van der Waals surface area contributed by atoms with Crippen LogP contribution in [0.5, 0.6) is 0 Å². The first-order valence-electron chi connectivity index (χ1n) is 8.11. The van der Waals surface area contributed by atoms with Gasteiger partial charge >= 0.3 is 0 Å². The fourth-order valence-corrected chi connectivity index (χ4v) is 4.74. The molecular weight excluding hydrogens is 330 g/mol. The molecule has 0 N–H and O–H groups in total. The fraction of sp³-hybridized carbons (Fsp3) is 0.0952. The van der Waals surface area contributed by atoms with Crippen molar-refractivity contribution in [3.8, 4) is 0 Å². The molecule has 0 radical (unpaired) electrons. The van der Waals surface area contributed by atoms with Crippen LogP contribution in [-0.2, 0) is 0 Å². The number of benzene rings is 3. The summed E-state index contributed by atoms with van der Waals surface area (Å²) in [6.07, 6.45) is 0. The summed E-state index contributed by atoms with van der Waals surface area (Å²) < 4.78 is 8.37. The quantitative estimate of drug-likeness (QED) is 0.382. The Hall–Kier alpha value is -2.85. The van der Waals surface area contributed by atoms with E-state index in [1.54, 1.807) is 11.3 Å². The van der Waals surface area contributed by atoms with Gasteiger partial charge in [-0.25, -0.2) is 0 Å². The number of thiophene rings is 1. The van der Waals surface area contributed by atoms with Gasteiger partial charge in [0.25, 0.3) is 0 Å². The largest absolute Gasteiger partial charge is 0.456 e. The molecule has 0 aliphatic carbocycles. The minimum Gasteiger partial charge on any atom is -0.456 e. The smallest absolute Gasteiger partial charge is 0.200 e. The molecule has 2 heterocycles. The zero-order valence-corrected chi connectivity index (χ0v) is 14.7. The van der Waals surface area contributed by atoms with Crippen LogP contribution in [-0.4, -0.2) is 14.1 Å². The van der Waals surface area contributed by atoms with Crippen LogP contribution < -0.4 is 10.3 Å². The van der Waals surface area contributed by atoms with E-state index in [0.717, 1.165) is 10.1 Å². The van der Waals surface area contributed by atoms with Gasteiger partial charge in [-0.2, -0.15) is 0 Å². The lowest BCUT2D eigenvalue weighted by atomic mass is 10.1. The van der Waals surface area contributed by atoms with Crippen LogP contribution in [0.25, 0.3) is 42.1 Å². The molecule has 4 heteroatoms. The van der Waals surface area contributed by atoms with Crippen molar-refractivity contribution < 1.29 is 4.42 Å². The Morgan fingerprint density at radius 1 is 0.840 bits per heavy atom. The Bertz CT molecular complexity index is 1340. The van der Waals surface area contributed by atoms with Gasteiger partial charge in [0.1, 0.15) is 11.2 Å². The molecule has 5 rings (SSSR count). The number of hydrogen-bond donors (Lipinski definition) is 0. The summed E-state index contributed by atoms with van der Waals surface area (Å²) in [6, 6.07) is 17.7. The Morgan fingerprint density at radius 2 is 1.64 bits per heavy atom. The molecule has 2 aromatic heterocycles. The third-order valence-electron chi connectivity index (χ3n) is 4.66. The van der Waals surface area contributed by atoms with Gasteiger partial charge in [-0.1, -0.05) is 24.3 Å². The third-order valence-corrected chi connectivity index (χ3v) is 5.85. The monoisotopic (exact) mass is 345 g/mol. The standard InChI is InChI=1S/C21H15NO2S/c1-22(2)16-8-5-7-12-14-10-15-18(11-19(14)25-21(12)16)24-17-9-4-3-6-13(17)20(15)23/h3-11H,1-2H3. The molecule has 0 atom stereocenters. The van der Waals surface area contributed by atoms with E-state index in [-0.39, 0.29) is 5.43 Å². The molecule has 122 valence electrons. The van der Waals surface area contributed by atoms with E-state index in [0.29, 0.717) is 21.9 Å². The van der Waals surface area contributed by atoms with Gasteiger partial charge in [-0.3, -0.25) is 4.79 Å². The van der Waals surface area contributed by atoms with Gasteiger partial charge in [0.15, 0.2) is 0 Å². The van der Waals surface area contributed by atoms with Crippen molar-refractivity contribution in [1.29, 1.82) is 0 Å². The van der Waals surface area contributed by atoms with Crippen molar-refractivity contribution in [2.45, 2.75) is 0 Å². The topological polar surface area (TPSA) is 33.5 Å². The first kappa shape index (κ1) is 14.5. The predicted octanol–water partition coefficient (Wildman–Crippen LogP) is 5.38. The molecule has 0 fully saturated rings. The first-order valence-corrected chi connectivity index (χ1v) is 8.93. The highest BCUT2D eigenvalue weighted by Gasteiger charge is 2.14. The van der Waals surface area contributed by atoms with Crippen molar-refractivity contribution in [3.05, 3.63) is 64.8 Å². The van der Waals surface area contributed by atoms with Crippen molar-refractivity contribution in [1.82, 2.24) is 0 Å². The molecule has 3 nitrogen and oxygen atoms in total. The maximum atomic E-state index is 12.9. The van der Waals surface area contributed by atoms with Crippen molar-refractivity contribution in [2.75, 3.05) is 19.0 Å². The van der Waals surface area contributed by atoms with Gasteiger partial charge in [0.2, 0.25) is 5.43 Å². The lowest BCUT2D eigenvalue weighted by Crippen LogP contribution is -2.08. The van der Waals surface area contributed by atoms with Gasteiger partial charge in [0.05, 0.1) is 21.2 Å². The highest BCUT2D eigenvalue weighted by molar-refractivity contribution is 7.26. The van der Waals surface area contributed by atoms with Crippen LogP contribution in [0.1, 0.15) is 0 Å². The molecule has 25 heavy (non-hydrogen) atoms. The summed E-state index contributed by atoms with van der Waals surface area (Å²) in [6.45, 7) is 0. The van der Waals surface area contributed by atoms with E-state index >= 15 is 0 Å². The average molecular weight is 345 g/mol. The molecular formula is C21H15NO2S. The number of fused-ring (bicyclic) bond motifs is 5. The summed E-state index contributed by atoms with van der Waals surface area (Å²) >= 11 is 1.74. The molecule has 0 bridgehead atoms. The van der Waals surface area contributed by atoms with Gasteiger partial charge in [-0.15, -0.1) is 11.3 Å². The van der Waals surface area contributed by atoms with E-state index < -0.39 is 0 Å². The molecule has 5 aromatic rings. The highest BCUT2D eigenvalue weighted by Crippen LogP contribution is 2.40. The fourth-order valence-electron chi connectivity index (χ4n) is 3.43. The van der Waals surface area contributed by atoms with E-state index in [2.05, 4.69) is 23.1 Å². The maximum absolute atomic E-state index is 12.9.